The van der Waals surface area contributed by atoms with Crippen LogP contribution in [0, 0.1) is 11.8 Å². The average Bonchev–Trinajstić information content (AvgIpc) is 3.04. The van der Waals surface area contributed by atoms with Crippen molar-refractivity contribution in [3.63, 3.8) is 0 Å². The molecule has 0 unspecified atom stereocenters. The van der Waals surface area contributed by atoms with E-state index in [2.05, 4.69) is 29.4 Å². The van der Waals surface area contributed by atoms with Gasteiger partial charge in [-0.05, 0) is 34.4 Å². The summed E-state index contributed by atoms with van der Waals surface area (Å²) in [6.07, 6.45) is 1.45. The molecule has 6 heteroatoms. The first-order valence-corrected chi connectivity index (χ1v) is 10.9. The Labute approximate surface area is 189 Å². The van der Waals surface area contributed by atoms with Gasteiger partial charge in [-0.15, -0.1) is 0 Å². The number of nitrogens with zero attached hydrogens (tertiary/aromatic N) is 2. The largest absolute Gasteiger partial charge is 0.272 e. The molecule has 7 rings (SSSR count). The number of halogens is 2. The van der Waals surface area contributed by atoms with Crippen LogP contribution in [0.25, 0.3) is 0 Å². The van der Waals surface area contributed by atoms with Crippen molar-refractivity contribution < 1.29 is 9.59 Å². The lowest BCUT2D eigenvalue weighted by Gasteiger charge is -2.45. The second kappa shape index (κ2) is 6.78. The Kier molecular flexibility index (Phi) is 4.11. The van der Waals surface area contributed by atoms with Crippen molar-refractivity contribution in [3.8, 4) is 0 Å². The van der Waals surface area contributed by atoms with Crippen molar-refractivity contribution in [2.45, 2.75) is 11.8 Å². The lowest BCUT2D eigenvalue weighted by molar-refractivity contribution is -0.139. The normalized spacial score (nSPS) is 25.7. The molecule has 0 spiro atoms. The minimum absolute atomic E-state index is 0.141. The molecule has 2 atom stereocenters. The van der Waals surface area contributed by atoms with Crippen molar-refractivity contribution >= 4 is 41.2 Å². The van der Waals surface area contributed by atoms with E-state index in [1.54, 1.807) is 18.2 Å². The first-order valence-electron chi connectivity index (χ1n) is 10.1. The van der Waals surface area contributed by atoms with Gasteiger partial charge in [-0.25, -0.2) is 0 Å². The zero-order valence-electron chi connectivity index (χ0n) is 16.2. The van der Waals surface area contributed by atoms with Gasteiger partial charge in [-0.1, -0.05) is 77.8 Å². The summed E-state index contributed by atoms with van der Waals surface area (Å²) >= 11 is 12.2. The summed E-state index contributed by atoms with van der Waals surface area (Å²) in [5, 5.41) is 6.23. The Morgan fingerprint density at radius 2 is 1.23 bits per heavy atom. The molecule has 0 N–H and O–H groups in total. The van der Waals surface area contributed by atoms with Crippen LogP contribution in [0.2, 0.25) is 10.0 Å². The predicted octanol–water partition coefficient (Wildman–Crippen LogP) is 5.22. The number of hydrogen-bond donors (Lipinski definition) is 0. The molecule has 31 heavy (non-hydrogen) atoms. The van der Waals surface area contributed by atoms with Crippen LogP contribution in [0.5, 0.6) is 0 Å². The molecule has 1 heterocycles. The van der Waals surface area contributed by atoms with Crippen molar-refractivity contribution in [3.05, 3.63) is 105 Å². The third kappa shape index (κ3) is 2.58. The number of imide groups is 1. The van der Waals surface area contributed by atoms with Crippen LogP contribution in [0.1, 0.15) is 39.7 Å². The van der Waals surface area contributed by atoms with Crippen LogP contribution in [0.15, 0.2) is 71.8 Å². The van der Waals surface area contributed by atoms with Gasteiger partial charge in [-0.2, -0.15) is 10.1 Å². The maximum Gasteiger partial charge on any atom is 0.254 e. The maximum absolute atomic E-state index is 13.5. The fraction of sp³-hybridized carbons (Fsp3) is 0.160. The van der Waals surface area contributed by atoms with Crippen molar-refractivity contribution in [2.75, 3.05) is 0 Å². The van der Waals surface area contributed by atoms with Crippen LogP contribution in [-0.4, -0.2) is 23.0 Å². The Balaban J connectivity index is 1.45. The van der Waals surface area contributed by atoms with E-state index in [-0.39, 0.29) is 23.7 Å². The lowest BCUT2D eigenvalue weighted by Crippen LogP contribution is -2.41. The number of amides is 2. The highest BCUT2D eigenvalue weighted by molar-refractivity contribution is 6.36. The molecule has 2 amide bonds. The summed E-state index contributed by atoms with van der Waals surface area (Å²) in [5.74, 6) is -1.68. The molecule has 3 aliphatic carbocycles. The van der Waals surface area contributed by atoms with E-state index in [9.17, 15) is 9.59 Å². The molecule has 0 saturated carbocycles. The molecule has 1 fully saturated rings. The molecular formula is C25H16Cl2N2O2. The molecule has 1 aliphatic heterocycles. The zero-order valence-corrected chi connectivity index (χ0v) is 17.7. The van der Waals surface area contributed by atoms with E-state index < -0.39 is 11.8 Å². The van der Waals surface area contributed by atoms with Crippen LogP contribution in [0.4, 0.5) is 0 Å². The molecule has 4 aliphatic rings. The number of carbonyl (C=O) groups is 2. The number of benzene rings is 3. The molecule has 2 bridgehead atoms. The summed E-state index contributed by atoms with van der Waals surface area (Å²) in [7, 11) is 0. The number of hydrogen-bond acceptors (Lipinski definition) is 3. The lowest BCUT2D eigenvalue weighted by atomic mass is 9.55. The maximum atomic E-state index is 13.5. The highest BCUT2D eigenvalue weighted by atomic mass is 35.5. The second-order valence-corrected chi connectivity index (χ2v) is 9.01. The van der Waals surface area contributed by atoms with Crippen LogP contribution in [0.3, 0.4) is 0 Å². The number of carbonyl (C=O) groups excluding carboxylic acids is 2. The molecule has 3 aromatic rings. The summed E-state index contributed by atoms with van der Waals surface area (Å²) in [5.41, 5.74) is 5.15. The van der Waals surface area contributed by atoms with Crippen LogP contribution in [-0.2, 0) is 9.59 Å². The summed E-state index contributed by atoms with van der Waals surface area (Å²) in [6, 6.07) is 21.3. The van der Waals surface area contributed by atoms with Gasteiger partial charge >= 0.3 is 0 Å². The van der Waals surface area contributed by atoms with Crippen molar-refractivity contribution in [1.82, 2.24) is 5.01 Å². The topological polar surface area (TPSA) is 49.7 Å². The Morgan fingerprint density at radius 1 is 0.742 bits per heavy atom. The van der Waals surface area contributed by atoms with E-state index in [0.717, 1.165) is 27.3 Å². The molecule has 0 radical (unpaired) electrons. The fourth-order valence-electron chi connectivity index (χ4n) is 5.50. The van der Waals surface area contributed by atoms with Gasteiger partial charge in [0.25, 0.3) is 11.8 Å². The summed E-state index contributed by atoms with van der Waals surface area (Å²) in [6.45, 7) is 0. The van der Waals surface area contributed by atoms with Crippen molar-refractivity contribution in [1.29, 1.82) is 0 Å². The van der Waals surface area contributed by atoms with E-state index in [0.29, 0.717) is 15.6 Å². The quantitative estimate of drug-likeness (QED) is 0.400. The van der Waals surface area contributed by atoms with Crippen LogP contribution < -0.4 is 0 Å². The molecule has 4 nitrogen and oxygen atoms in total. The highest BCUT2D eigenvalue weighted by Gasteiger charge is 2.61. The highest BCUT2D eigenvalue weighted by Crippen LogP contribution is 2.60. The third-order valence-corrected chi connectivity index (χ3v) is 7.26. The van der Waals surface area contributed by atoms with Gasteiger partial charge in [0.2, 0.25) is 0 Å². The number of rotatable bonds is 2. The molecule has 152 valence electrons. The SMILES string of the molecule is O=C1[C@@H]2C3c4ccccc4C(c4ccccc43)[C@H]2C(=O)N1/N=C\c1ccc(Cl)cc1Cl. The minimum atomic E-state index is -0.444. The van der Waals surface area contributed by atoms with Gasteiger partial charge in [0.15, 0.2) is 0 Å². The van der Waals surface area contributed by atoms with Crippen LogP contribution >= 0.6 is 23.2 Å². The predicted molar refractivity (Wildman–Crippen MR) is 119 cm³/mol. The minimum Gasteiger partial charge on any atom is -0.272 e. The smallest absolute Gasteiger partial charge is 0.254 e. The third-order valence-electron chi connectivity index (χ3n) is 6.70. The molecule has 1 saturated heterocycles. The Bertz CT molecular complexity index is 1190. The van der Waals surface area contributed by atoms with Gasteiger partial charge in [0.1, 0.15) is 0 Å². The zero-order chi connectivity index (χ0) is 21.3. The van der Waals surface area contributed by atoms with E-state index in [1.165, 1.54) is 6.21 Å². The van der Waals surface area contributed by atoms with E-state index in [1.807, 2.05) is 24.3 Å². The number of hydrazone groups is 1. The Morgan fingerprint density at radius 3 is 1.68 bits per heavy atom. The molecular weight excluding hydrogens is 431 g/mol. The molecule has 0 aromatic heterocycles. The standard InChI is InChI=1S/C25H16Cl2N2O2/c26-14-10-9-13(19(27)11-14)12-28-29-24(30)22-20-15-5-1-2-6-16(15)21(23(22)25(29)31)18-8-4-3-7-17(18)20/h1-12,20-23H/b28-12-/t20?,21?,22-,23-/m1/s1. The molecule has 3 aromatic carbocycles. The first-order chi connectivity index (χ1) is 15.1. The van der Waals surface area contributed by atoms with Crippen molar-refractivity contribution in [2.24, 2.45) is 16.9 Å². The van der Waals surface area contributed by atoms with Gasteiger partial charge < -0.3 is 0 Å². The summed E-state index contributed by atoms with van der Waals surface area (Å²) in [4.78, 5) is 26.9. The van der Waals surface area contributed by atoms with E-state index >= 15 is 0 Å². The monoisotopic (exact) mass is 446 g/mol. The summed E-state index contributed by atoms with van der Waals surface area (Å²) < 4.78 is 0. The van der Waals surface area contributed by atoms with Gasteiger partial charge in [0, 0.05) is 22.4 Å². The second-order valence-electron chi connectivity index (χ2n) is 8.16. The average molecular weight is 447 g/mol. The van der Waals surface area contributed by atoms with Gasteiger partial charge in [0.05, 0.1) is 23.1 Å². The Hall–Kier alpha value is -2.95. The first kappa shape index (κ1) is 18.8. The van der Waals surface area contributed by atoms with Gasteiger partial charge in [-0.3, -0.25) is 9.59 Å². The fourth-order valence-corrected chi connectivity index (χ4v) is 5.96. The van der Waals surface area contributed by atoms with E-state index in [4.69, 9.17) is 23.2 Å².